The molecule has 0 amide bonds. The zero-order chi connectivity index (χ0) is 26.2. The van der Waals surface area contributed by atoms with Gasteiger partial charge in [-0.2, -0.15) is 0 Å². The van der Waals surface area contributed by atoms with Crippen molar-refractivity contribution in [3.8, 4) is 17.2 Å². The van der Waals surface area contributed by atoms with Crippen LogP contribution in [0.4, 0.5) is 0 Å². The highest BCUT2D eigenvalue weighted by atomic mass is 32.1. The van der Waals surface area contributed by atoms with Crippen molar-refractivity contribution in [2.75, 3.05) is 0 Å². The fourth-order valence-electron chi connectivity index (χ4n) is 6.17. The first-order chi connectivity index (χ1) is 19.8. The standard InChI is InChI=1S/C36H21N3S/c1-2-10-22(11-3-1)34-27-14-4-7-15-30(27)37-36(38-34)39-31-16-8-5-12-24(31)29-21-28-23(20-32(29)39)18-19-26-25-13-6-9-17-33(25)40-35(26)28/h1-21H. The van der Waals surface area contributed by atoms with E-state index in [0.717, 1.165) is 33.2 Å². The zero-order valence-corrected chi connectivity index (χ0v) is 22.2. The Balaban J connectivity index is 1.40. The average Bonchev–Trinajstić information content (AvgIpc) is 3.55. The van der Waals surface area contributed by atoms with Crippen molar-refractivity contribution in [3.63, 3.8) is 0 Å². The van der Waals surface area contributed by atoms with Crippen molar-refractivity contribution in [1.82, 2.24) is 14.5 Å². The summed E-state index contributed by atoms with van der Waals surface area (Å²) in [4.78, 5) is 10.3. The van der Waals surface area contributed by atoms with Crippen LogP contribution in [0.1, 0.15) is 0 Å². The molecule has 0 unspecified atom stereocenters. The third kappa shape index (κ3) is 3.05. The molecular weight excluding hydrogens is 506 g/mol. The third-order valence-corrected chi connectivity index (χ3v) is 9.21. The van der Waals surface area contributed by atoms with Gasteiger partial charge in [0.2, 0.25) is 5.95 Å². The van der Waals surface area contributed by atoms with Crippen LogP contribution in [-0.2, 0) is 0 Å². The fraction of sp³-hybridized carbons (Fsp3) is 0. The van der Waals surface area contributed by atoms with Gasteiger partial charge in [-0.15, -0.1) is 11.3 Å². The van der Waals surface area contributed by atoms with E-state index in [1.807, 2.05) is 23.5 Å². The number of thiophene rings is 1. The van der Waals surface area contributed by atoms with Crippen molar-refractivity contribution in [3.05, 3.63) is 127 Å². The van der Waals surface area contributed by atoms with Crippen molar-refractivity contribution >= 4 is 75.0 Å². The van der Waals surface area contributed by atoms with Crippen molar-refractivity contribution in [2.24, 2.45) is 0 Å². The van der Waals surface area contributed by atoms with Crippen LogP contribution in [-0.4, -0.2) is 14.5 Å². The summed E-state index contributed by atoms with van der Waals surface area (Å²) in [6, 6.07) is 45.2. The minimum Gasteiger partial charge on any atom is -0.278 e. The highest BCUT2D eigenvalue weighted by molar-refractivity contribution is 7.26. The van der Waals surface area contributed by atoms with E-state index in [1.165, 1.54) is 41.7 Å². The maximum Gasteiger partial charge on any atom is 0.235 e. The predicted molar refractivity (Wildman–Crippen MR) is 170 cm³/mol. The number of para-hydroxylation sites is 2. The second-order valence-corrected chi connectivity index (χ2v) is 11.3. The molecule has 186 valence electrons. The molecule has 6 aromatic carbocycles. The van der Waals surface area contributed by atoms with E-state index in [9.17, 15) is 0 Å². The lowest BCUT2D eigenvalue weighted by molar-refractivity contribution is 1.01. The molecule has 0 saturated carbocycles. The summed E-state index contributed by atoms with van der Waals surface area (Å²) in [5.41, 5.74) is 5.18. The number of hydrogen-bond acceptors (Lipinski definition) is 3. The van der Waals surface area contributed by atoms with Gasteiger partial charge in [-0.25, -0.2) is 9.97 Å². The lowest BCUT2D eigenvalue weighted by Gasteiger charge is -2.12. The van der Waals surface area contributed by atoms with Gasteiger partial charge < -0.3 is 0 Å². The Labute approximate surface area is 233 Å². The van der Waals surface area contributed by atoms with Crippen LogP contribution in [0.3, 0.4) is 0 Å². The van der Waals surface area contributed by atoms with E-state index in [4.69, 9.17) is 9.97 Å². The summed E-state index contributed by atoms with van der Waals surface area (Å²) in [6.07, 6.45) is 0. The number of hydrogen-bond donors (Lipinski definition) is 0. The second-order valence-electron chi connectivity index (χ2n) is 10.2. The Morgan fingerprint density at radius 1 is 0.500 bits per heavy atom. The molecule has 3 nitrogen and oxygen atoms in total. The van der Waals surface area contributed by atoms with Gasteiger partial charge in [0, 0.05) is 47.3 Å². The van der Waals surface area contributed by atoms with Crippen LogP contribution in [0.2, 0.25) is 0 Å². The quantitative estimate of drug-likeness (QED) is 0.224. The molecule has 4 heteroatoms. The lowest BCUT2D eigenvalue weighted by atomic mass is 10.0. The van der Waals surface area contributed by atoms with Crippen LogP contribution >= 0.6 is 11.3 Å². The molecule has 0 fully saturated rings. The van der Waals surface area contributed by atoms with E-state index in [-0.39, 0.29) is 0 Å². The number of nitrogens with zero attached hydrogens (tertiary/aromatic N) is 3. The van der Waals surface area contributed by atoms with Crippen LogP contribution in [0.25, 0.3) is 80.9 Å². The van der Waals surface area contributed by atoms with E-state index >= 15 is 0 Å². The van der Waals surface area contributed by atoms with Crippen LogP contribution in [0.5, 0.6) is 0 Å². The summed E-state index contributed by atoms with van der Waals surface area (Å²) in [5.74, 6) is 0.686. The molecule has 0 aliphatic heterocycles. The summed E-state index contributed by atoms with van der Waals surface area (Å²) in [7, 11) is 0. The molecule has 0 N–H and O–H groups in total. The minimum atomic E-state index is 0.686. The summed E-state index contributed by atoms with van der Waals surface area (Å²) in [5, 5.41) is 8.63. The van der Waals surface area contributed by atoms with E-state index in [2.05, 4.69) is 120 Å². The molecule has 3 aromatic heterocycles. The van der Waals surface area contributed by atoms with Gasteiger partial charge in [0.1, 0.15) is 0 Å². The molecule has 40 heavy (non-hydrogen) atoms. The van der Waals surface area contributed by atoms with Crippen molar-refractivity contribution < 1.29 is 0 Å². The van der Waals surface area contributed by atoms with Gasteiger partial charge in [0.05, 0.1) is 22.2 Å². The smallest absolute Gasteiger partial charge is 0.235 e. The van der Waals surface area contributed by atoms with E-state index in [0.29, 0.717) is 5.95 Å². The highest BCUT2D eigenvalue weighted by Gasteiger charge is 2.18. The molecular formula is C36H21N3S. The molecule has 0 atom stereocenters. The summed E-state index contributed by atoms with van der Waals surface area (Å²) in [6.45, 7) is 0. The van der Waals surface area contributed by atoms with Gasteiger partial charge in [-0.1, -0.05) is 97.1 Å². The summed E-state index contributed by atoms with van der Waals surface area (Å²) >= 11 is 1.88. The van der Waals surface area contributed by atoms with E-state index < -0.39 is 0 Å². The Kier molecular flexibility index (Phi) is 4.48. The first-order valence-electron chi connectivity index (χ1n) is 13.4. The molecule has 0 saturated heterocycles. The molecule has 0 aliphatic rings. The molecule has 0 radical (unpaired) electrons. The zero-order valence-electron chi connectivity index (χ0n) is 21.4. The number of fused-ring (bicyclic) bond motifs is 9. The van der Waals surface area contributed by atoms with Gasteiger partial charge >= 0.3 is 0 Å². The molecule has 9 rings (SSSR count). The van der Waals surface area contributed by atoms with Gasteiger partial charge in [0.15, 0.2) is 0 Å². The average molecular weight is 528 g/mol. The summed E-state index contributed by atoms with van der Waals surface area (Å²) < 4.78 is 4.90. The van der Waals surface area contributed by atoms with Crippen LogP contribution in [0.15, 0.2) is 127 Å². The SMILES string of the molecule is c1ccc(-c2nc(-n3c4ccccc4c4cc5c(ccc6c7ccccc7sc56)cc43)nc3ccccc23)cc1. The number of aromatic nitrogens is 3. The van der Waals surface area contributed by atoms with Gasteiger partial charge in [-0.05, 0) is 35.7 Å². The first kappa shape index (κ1) is 21.8. The molecule has 3 heterocycles. The fourth-order valence-corrected chi connectivity index (χ4v) is 7.39. The van der Waals surface area contributed by atoms with Gasteiger partial charge in [-0.3, -0.25) is 4.57 Å². The largest absolute Gasteiger partial charge is 0.278 e. The third-order valence-electron chi connectivity index (χ3n) is 7.99. The molecule has 0 spiro atoms. The van der Waals surface area contributed by atoms with Crippen LogP contribution in [0, 0.1) is 0 Å². The topological polar surface area (TPSA) is 30.7 Å². The van der Waals surface area contributed by atoms with Crippen LogP contribution < -0.4 is 0 Å². The number of rotatable bonds is 2. The maximum absolute atomic E-state index is 5.23. The Morgan fingerprint density at radius 2 is 1.25 bits per heavy atom. The minimum absolute atomic E-state index is 0.686. The molecule has 0 aliphatic carbocycles. The second kappa shape index (κ2) is 8.22. The van der Waals surface area contributed by atoms with E-state index in [1.54, 1.807) is 0 Å². The van der Waals surface area contributed by atoms with Crippen molar-refractivity contribution in [1.29, 1.82) is 0 Å². The van der Waals surface area contributed by atoms with Crippen molar-refractivity contribution in [2.45, 2.75) is 0 Å². The Morgan fingerprint density at radius 3 is 2.15 bits per heavy atom. The number of benzene rings is 6. The maximum atomic E-state index is 5.23. The van der Waals surface area contributed by atoms with Gasteiger partial charge in [0.25, 0.3) is 0 Å². The first-order valence-corrected chi connectivity index (χ1v) is 14.2. The molecule has 0 bridgehead atoms. The predicted octanol–water partition coefficient (Wildman–Crippen LogP) is 9.91. The Hall–Kier alpha value is -5.06. The Bertz CT molecular complexity index is 2430. The monoisotopic (exact) mass is 527 g/mol. The lowest BCUT2D eigenvalue weighted by Crippen LogP contribution is -2.03. The normalized spacial score (nSPS) is 12.0. The highest BCUT2D eigenvalue weighted by Crippen LogP contribution is 2.41. The molecule has 9 aromatic rings.